The van der Waals surface area contributed by atoms with Gasteiger partial charge < -0.3 is 10.0 Å². The third-order valence-corrected chi connectivity index (χ3v) is 6.22. The number of sulfonamides is 1. The van der Waals surface area contributed by atoms with Crippen LogP contribution in [0.4, 0.5) is 10.1 Å². The van der Waals surface area contributed by atoms with Crippen LogP contribution in [0.15, 0.2) is 53.4 Å². The van der Waals surface area contributed by atoms with Gasteiger partial charge in [0.05, 0.1) is 17.0 Å². The molecule has 0 saturated carbocycles. The van der Waals surface area contributed by atoms with Gasteiger partial charge in [0.25, 0.3) is 0 Å². The molecule has 1 heterocycles. The van der Waals surface area contributed by atoms with Crippen LogP contribution in [0.3, 0.4) is 0 Å². The highest BCUT2D eigenvalue weighted by Crippen LogP contribution is 2.23. The Morgan fingerprint density at radius 2 is 1.73 bits per heavy atom. The first-order valence-corrected chi connectivity index (χ1v) is 9.62. The highest BCUT2D eigenvalue weighted by atomic mass is 32.2. The summed E-state index contributed by atoms with van der Waals surface area (Å²) in [6.45, 7) is 1.24. The number of rotatable bonds is 5. The average molecular weight is 378 g/mol. The minimum absolute atomic E-state index is 0.0793. The van der Waals surface area contributed by atoms with E-state index in [1.807, 2.05) is 4.90 Å². The second-order valence-corrected chi connectivity index (χ2v) is 8.00. The van der Waals surface area contributed by atoms with E-state index in [1.165, 1.54) is 22.5 Å². The molecule has 26 heavy (non-hydrogen) atoms. The Hall–Kier alpha value is -2.45. The first-order chi connectivity index (χ1) is 12.4. The largest absolute Gasteiger partial charge is 0.481 e. The summed E-state index contributed by atoms with van der Waals surface area (Å²) in [5, 5.41) is 8.87. The third-order valence-electron chi connectivity index (χ3n) is 4.32. The van der Waals surface area contributed by atoms with Crippen molar-refractivity contribution in [2.75, 3.05) is 31.1 Å². The van der Waals surface area contributed by atoms with Gasteiger partial charge >= 0.3 is 5.97 Å². The summed E-state index contributed by atoms with van der Waals surface area (Å²) >= 11 is 0. The number of hydrogen-bond donors (Lipinski definition) is 1. The van der Waals surface area contributed by atoms with Crippen LogP contribution >= 0.6 is 0 Å². The number of carboxylic acid groups (broad SMARTS) is 1. The first-order valence-electron chi connectivity index (χ1n) is 8.18. The van der Waals surface area contributed by atoms with Crippen molar-refractivity contribution in [3.8, 4) is 0 Å². The lowest BCUT2D eigenvalue weighted by Crippen LogP contribution is -2.48. The molecular weight excluding hydrogens is 359 g/mol. The molecular formula is C18H19FN2O4S. The van der Waals surface area contributed by atoms with Gasteiger partial charge in [0.15, 0.2) is 0 Å². The van der Waals surface area contributed by atoms with Gasteiger partial charge in [-0.1, -0.05) is 24.3 Å². The fourth-order valence-electron chi connectivity index (χ4n) is 3.02. The fourth-order valence-corrected chi connectivity index (χ4v) is 4.51. The van der Waals surface area contributed by atoms with Crippen LogP contribution in [0.25, 0.3) is 0 Å². The number of para-hydroxylation sites is 1. The quantitative estimate of drug-likeness (QED) is 0.861. The van der Waals surface area contributed by atoms with Gasteiger partial charge in [-0.05, 0) is 29.8 Å². The summed E-state index contributed by atoms with van der Waals surface area (Å²) in [5.41, 5.74) is 0.900. The molecule has 0 unspecified atom stereocenters. The van der Waals surface area contributed by atoms with Gasteiger partial charge in [-0.2, -0.15) is 4.31 Å². The highest BCUT2D eigenvalue weighted by Gasteiger charge is 2.29. The van der Waals surface area contributed by atoms with Crippen molar-refractivity contribution in [2.45, 2.75) is 11.3 Å². The lowest BCUT2D eigenvalue weighted by molar-refractivity contribution is -0.136. The van der Waals surface area contributed by atoms with Gasteiger partial charge in [0.2, 0.25) is 10.0 Å². The molecule has 8 heteroatoms. The molecule has 3 rings (SSSR count). The molecule has 1 saturated heterocycles. The maximum atomic E-state index is 13.9. The number of nitrogens with zero attached hydrogens (tertiary/aromatic N) is 2. The number of halogens is 1. The third kappa shape index (κ3) is 3.86. The average Bonchev–Trinajstić information content (AvgIpc) is 2.62. The molecule has 1 fully saturated rings. The van der Waals surface area contributed by atoms with E-state index in [2.05, 4.69) is 0 Å². The minimum Gasteiger partial charge on any atom is -0.481 e. The molecule has 6 nitrogen and oxygen atoms in total. The molecule has 138 valence electrons. The zero-order chi connectivity index (χ0) is 18.7. The molecule has 0 aliphatic carbocycles. The number of piperazine rings is 1. The van der Waals surface area contributed by atoms with Crippen molar-refractivity contribution in [2.24, 2.45) is 0 Å². The van der Waals surface area contributed by atoms with E-state index >= 15 is 0 Å². The summed E-state index contributed by atoms with van der Waals surface area (Å²) < 4.78 is 40.9. The smallest absolute Gasteiger partial charge is 0.307 e. The van der Waals surface area contributed by atoms with E-state index in [1.54, 1.807) is 30.3 Å². The Morgan fingerprint density at radius 3 is 2.38 bits per heavy atom. The molecule has 0 atom stereocenters. The van der Waals surface area contributed by atoms with Crippen LogP contribution in [0.1, 0.15) is 5.56 Å². The van der Waals surface area contributed by atoms with Crippen molar-refractivity contribution in [3.05, 3.63) is 59.9 Å². The van der Waals surface area contributed by atoms with E-state index in [-0.39, 0.29) is 30.2 Å². The van der Waals surface area contributed by atoms with Crippen molar-refractivity contribution in [1.82, 2.24) is 4.31 Å². The molecule has 1 aliphatic heterocycles. The number of carbonyl (C=O) groups is 1. The van der Waals surface area contributed by atoms with Crippen LogP contribution < -0.4 is 4.90 Å². The summed E-state index contributed by atoms with van der Waals surface area (Å²) in [7, 11) is -3.72. The van der Waals surface area contributed by atoms with Gasteiger partial charge in [-0.15, -0.1) is 0 Å². The van der Waals surface area contributed by atoms with Crippen LogP contribution in [0.2, 0.25) is 0 Å². The molecule has 0 aromatic heterocycles. The minimum atomic E-state index is -3.72. The van der Waals surface area contributed by atoms with Gasteiger partial charge in [-0.25, -0.2) is 12.8 Å². The number of hydrogen-bond acceptors (Lipinski definition) is 4. The lowest BCUT2D eigenvalue weighted by Gasteiger charge is -2.35. The maximum absolute atomic E-state index is 13.9. The van der Waals surface area contributed by atoms with Crippen LogP contribution in [0.5, 0.6) is 0 Å². The molecule has 0 amide bonds. The first kappa shape index (κ1) is 18.3. The number of anilines is 1. The zero-order valence-electron chi connectivity index (χ0n) is 14.0. The van der Waals surface area contributed by atoms with Crippen molar-refractivity contribution in [1.29, 1.82) is 0 Å². The number of benzene rings is 2. The fraction of sp³-hybridized carbons (Fsp3) is 0.278. The number of aliphatic carboxylic acids is 1. The monoisotopic (exact) mass is 378 g/mol. The number of carboxylic acids is 1. The summed E-state index contributed by atoms with van der Waals surface area (Å²) in [6.07, 6.45) is -0.232. The maximum Gasteiger partial charge on any atom is 0.307 e. The van der Waals surface area contributed by atoms with Crippen LogP contribution in [-0.2, 0) is 21.2 Å². The van der Waals surface area contributed by atoms with Gasteiger partial charge in [-0.3, -0.25) is 4.79 Å². The van der Waals surface area contributed by atoms with Crippen LogP contribution in [-0.4, -0.2) is 50.0 Å². The lowest BCUT2D eigenvalue weighted by atomic mass is 10.2. The molecule has 2 aromatic carbocycles. The predicted octanol–water partition coefficient (Wildman–Crippen LogP) is 1.96. The van der Waals surface area contributed by atoms with E-state index in [9.17, 15) is 17.6 Å². The molecule has 1 aliphatic rings. The Labute approximate surface area is 151 Å². The Kier molecular flexibility index (Phi) is 5.24. The summed E-state index contributed by atoms with van der Waals surface area (Å²) in [4.78, 5) is 12.7. The topological polar surface area (TPSA) is 77.9 Å². The zero-order valence-corrected chi connectivity index (χ0v) is 14.8. The Balaban J connectivity index is 1.74. The molecule has 2 aromatic rings. The predicted molar refractivity (Wildman–Crippen MR) is 95.2 cm³/mol. The second kappa shape index (κ2) is 7.43. The van der Waals surface area contributed by atoms with E-state index < -0.39 is 16.0 Å². The van der Waals surface area contributed by atoms with Crippen LogP contribution in [0, 0.1) is 5.82 Å². The summed E-state index contributed by atoms with van der Waals surface area (Å²) in [6, 6.07) is 12.4. The Bertz CT molecular complexity index is 909. The molecule has 0 bridgehead atoms. The second-order valence-electron chi connectivity index (χ2n) is 6.06. The van der Waals surface area contributed by atoms with E-state index in [0.29, 0.717) is 24.3 Å². The van der Waals surface area contributed by atoms with Crippen molar-refractivity contribution >= 4 is 21.7 Å². The molecule has 1 N–H and O–H groups in total. The van der Waals surface area contributed by atoms with Crippen molar-refractivity contribution in [3.63, 3.8) is 0 Å². The van der Waals surface area contributed by atoms with Gasteiger partial charge in [0, 0.05) is 26.2 Å². The van der Waals surface area contributed by atoms with E-state index in [0.717, 1.165) is 0 Å². The molecule has 0 spiro atoms. The molecule has 0 radical (unpaired) electrons. The SMILES string of the molecule is O=C(O)Cc1cccc(S(=O)(=O)N2CCN(c3ccccc3F)CC2)c1. The van der Waals surface area contributed by atoms with E-state index in [4.69, 9.17) is 5.11 Å². The standard InChI is InChI=1S/C18H19FN2O4S/c19-16-6-1-2-7-17(16)20-8-10-21(11-9-20)26(24,25)15-5-3-4-14(12-15)13-18(22)23/h1-7,12H,8-11,13H2,(H,22,23). The van der Waals surface area contributed by atoms with Crippen molar-refractivity contribution < 1.29 is 22.7 Å². The normalized spacial score (nSPS) is 15.8. The Morgan fingerprint density at radius 1 is 1.04 bits per heavy atom. The summed E-state index contributed by atoms with van der Waals surface area (Å²) in [5.74, 6) is -1.34. The highest BCUT2D eigenvalue weighted by molar-refractivity contribution is 7.89. The van der Waals surface area contributed by atoms with Gasteiger partial charge in [0.1, 0.15) is 5.82 Å².